The van der Waals surface area contributed by atoms with E-state index in [1.807, 2.05) is 13.8 Å². The first-order valence-electron chi connectivity index (χ1n) is 7.98. The predicted molar refractivity (Wildman–Crippen MR) is 89.8 cm³/mol. The maximum atomic E-state index is 11.5. The topological polar surface area (TPSA) is 59.6 Å². The van der Waals surface area contributed by atoms with Gasteiger partial charge in [0.1, 0.15) is 0 Å². The summed E-state index contributed by atoms with van der Waals surface area (Å²) in [6, 6.07) is 2.39. The van der Waals surface area contributed by atoms with Gasteiger partial charge in [-0.15, -0.1) is 0 Å². The molecule has 0 aliphatic rings. The van der Waals surface area contributed by atoms with E-state index in [1.54, 1.807) is 0 Å². The van der Waals surface area contributed by atoms with E-state index in [2.05, 4.69) is 10.6 Å². The molecule has 0 bridgehead atoms. The van der Waals surface area contributed by atoms with Crippen molar-refractivity contribution in [3.05, 3.63) is 0 Å². The van der Waals surface area contributed by atoms with Gasteiger partial charge in [0.15, 0.2) is 19.5 Å². The molecule has 0 spiro atoms. The van der Waals surface area contributed by atoms with Crippen molar-refractivity contribution < 1.29 is 13.6 Å². The Morgan fingerprint density at radius 2 is 1.30 bits per heavy atom. The molecule has 0 heterocycles. The maximum Gasteiger partial charge on any atom is 0.314 e. The van der Waals surface area contributed by atoms with Gasteiger partial charge in [0.25, 0.3) is 0 Å². The molecule has 0 fully saturated rings. The van der Waals surface area contributed by atoms with Gasteiger partial charge in [0.2, 0.25) is 0 Å². The lowest BCUT2D eigenvalue weighted by Crippen LogP contribution is -2.36. The van der Waals surface area contributed by atoms with Gasteiger partial charge in [-0.25, -0.2) is 4.79 Å². The van der Waals surface area contributed by atoms with Crippen LogP contribution in [0.1, 0.15) is 39.5 Å². The highest BCUT2D eigenvalue weighted by Gasteiger charge is 1.98. The summed E-state index contributed by atoms with van der Waals surface area (Å²) >= 11 is 0. The third-order valence-electron chi connectivity index (χ3n) is 2.91. The number of hydrogen-bond acceptors (Lipinski definition) is 3. The van der Waals surface area contributed by atoms with Crippen molar-refractivity contribution in [2.45, 2.75) is 51.6 Å². The molecule has 0 aromatic heterocycles. The Morgan fingerprint density at radius 1 is 0.850 bits per heavy atom. The van der Waals surface area contributed by atoms with Crippen LogP contribution in [0.4, 0.5) is 4.79 Å². The van der Waals surface area contributed by atoms with Crippen molar-refractivity contribution in [1.29, 1.82) is 0 Å². The second-order valence-corrected chi connectivity index (χ2v) is 7.75. The van der Waals surface area contributed by atoms with E-state index in [0.29, 0.717) is 0 Å². The number of urea groups is 1. The van der Waals surface area contributed by atoms with Gasteiger partial charge in [0.05, 0.1) is 0 Å². The lowest BCUT2D eigenvalue weighted by atomic mass is 10.3. The van der Waals surface area contributed by atoms with Gasteiger partial charge < -0.3 is 19.5 Å². The molecule has 0 radical (unpaired) electrons. The molecule has 120 valence electrons. The van der Waals surface area contributed by atoms with Crippen LogP contribution < -0.4 is 10.6 Å². The monoisotopic (exact) mass is 320 g/mol. The normalized spacial score (nSPS) is 11.7. The van der Waals surface area contributed by atoms with Gasteiger partial charge >= 0.3 is 6.03 Å². The summed E-state index contributed by atoms with van der Waals surface area (Å²) < 4.78 is 10.8. The van der Waals surface area contributed by atoms with Crippen LogP contribution in [-0.2, 0) is 8.85 Å². The number of unbranched alkanes of at least 4 members (excludes halogenated alkanes) is 2. The second kappa shape index (κ2) is 16.7. The summed E-state index contributed by atoms with van der Waals surface area (Å²) in [6.45, 7) is 7.31. The lowest BCUT2D eigenvalue weighted by molar-refractivity contribution is 0.240. The van der Waals surface area contributed by atoms with Crippen molar-refractivity contribution in [3.63, 3.8) is 0 Å². The molecular formula is C13H32N2O3Si2. The quantitative estimate of drug-likeness (QED) is 0.370. The van der Waals surface area contributed by atoms with E-state index in [9.17, 15) is 4.79 Å². The molecule has 0 saturated heterocycles. The first kappa shape index (κ1) is 19.6. The third kappa shape index (κ3) is 15.7. The largest absolute Gasteiger partial charge is 0.424 e. The summed E-state index contributed by atoms with van der Waals surface area (Å²) in [5.41, 5.74) is 0. The Labute approximate surface area is 128 Å². The van der Waals surface area contributed by atoms with Crippen LogP contribution >= 0.6 is 0 Å². The van der Waals surface area contributed by atoms with Crippen molar-refractivity contribution >= 4 is 25.6 Å². The van der Waals surface area contributed by atoms with Crippen LogP contribution in [0.2, 0.25) is 12.1 Å². The highest BCUT2D eigenvalue weighted by Crippen LogP contribution is 1.95. The van der Waals surface area contributed by atoms with Crippen molar-refractivity contribution in [3.8, 4) is 0 Å². The van der Waals surface area contributed by atoms with Crippen molar-refractivity contribution in [2.24, 2.45) is 0 Å². The van der Waals surface area contributed by atoms with Crippen molar-refractivity contribution in [2.75, 3.05) is 26.3 Å². The van der Waals surface area contributed by atoms with Crippen LogP contribution in [0.25, 0.3) is 0 Å². The SMILES string of the molecule is CCO[SiH2]CCCCNC(=O)NCCCC[SiH2]OCC. The Hall–Kier alpha value is -0.376. The molecule has 0 unspecified atom stereocenters. The van der Waals surface area contributed by atoms with E-state index in [4.69, 9.17) is 8.85 Å². The van der Waals surface area contributed by atoms with E-state index < -0.39 is 0 Å². The molecule has 0 aliphatic carbocycles. The molecule has 5 nitrogen and oxygen atoms in total. The fraction of sp³-hybridized carbons (Fsp3) is 0.923. The highest BCUT2D eigenvalue weighted by molar-refractivity contribution is 6.27. The molecule has 0 aliphatic heterocycles. The first-order valence-corrected chi connectivity index (χ1v) is 11.1. The fourth-order valence-electron chi connectivity index (χ4n) is 1.77. The first-order chi connectivity index (χ1) is 9.81. The third-order valence-corrected chi connectivity index (χ3v) is 5.88. The maximum absolute atomic E-state index is 11.5. The smallest absolute Gasteiger partial charge is 0.314 e. The molecule has 0 saturated carbocycles. The molecule has 0 aromatic rings. The minimum absolute atomic E-state index is 0.0332. The summed E-state index contributed by atoms with van der Waals surface area (Å²) in [5, 5.41) is 5.79. The Kier molecular flexibility index (Phi) is 16.4. The Bertz CT molecular complexity index is 202. The van der Waals surface area contributed by atoms with E-state index in [1.165, 1.54) is 12.1 Å². The standard InChI is InChI=1S/C13H32N2O3Si2/c1-3-17-19-11-7-5-9-14-13(16)15-10-6-8-12-20-18-4-2/h3-12,19-20H2,1-2H3,(H2,14,15,16). The Morgan fingerprint density at radius 3 is 1.70 bits per heavy atom. The van der Waals surface area contributed by atoms with Gasteiger partial charge in [-0.05, 0) is 38.8 Å². The zero-order valence-electron chi connectivity index (χ0n) is 13.2. The summed E-state index contributed by atoms with van der Waals surface area (Å²) in [6.07, 6.45) is 4.42. The van der Waals surface area contributed by atoms with E-state index in [0.717, 1.165) is 52.0 Å². The number of hydrogen-bond donors (Lipinski definition) is 2. The zero-order chi connectivity index (χ0) is 14.9. The van der Waals surface area contributed by atoms with E-state index in [-0.39, 0.29) is 25.6 Å². The number of nitrogens with one attached hydrogen (secondary N) is 2. The van der Waals surface area contributed by atoms with Crippen LogP contribution in [0.3, 0.4) is 0 Å². The van der Waals surface area contributed by atoms with Crippen LogP contribution in [0, 0.1) is 0 Å². The van der Waals surface area contributed by atoms with Gasteiger partial charge in [-0.1, -0.05) is 12.8 Å². The van der Waals surface area contributed by atoms with Crippen molar-refractivity contribution in [1.82, 2.24) is 10.6 Å². The Balaban J connectivity index is 3.13. The number of rotatable bonds is 14. The molecular weight excluding hydrogens is 288 g/mol. The molecule has 0 atom stereocenters. The molecule has 20 heavy (non-hydrogen) atoms. The lowest BCUT2D eigenvalue weighted by Gasteiger charge is -2.07. The van der Waals surface area contributed by atoms with Crippen LogP contribution in [0.15, 0.2) is 0 Å². The summed E-state index contributed by atoms with van der Waals surface area (Å²) in [4.78, 5) is 11.5. The second-order valence-electron chi connectivity index (χ2n) is 4.70. The van der Waals surface area contributed by atoms with Gasteiger partial charge in [0, 0.05) is 26.3 Å². The molecule has 0 aromatic carbocycles. The number of carbonyl (C=O) groups is 1. The van der Waals surface area contributed by atoms with Gasteiger partial charge in [-0.2, -0.15) is 0 Å². The fourth-order valence-corrected chi connectivity index (χ4v) is 3.87. The average molecular weight is 321 g/mol. The minimum Gasteiger partial charge on any atom is -0.424 e. The number of amides is 2. The predicted octanol–water partition coefficient (Wildman–Crippen LogP) is 0.923. The molecule has 0 rings (SSSR count). The average Bonchev–Trinajstić information content (AvgIpc) is 2.45. The molecule has 2 N–H and O–H groups in total. The summed E-state index contributed by atoms with van der Waals surface area (Å²) in [7, 11) is -0.594. The summed E-state index contributed by atoms with van der Waals surface area (Å²) in [5.74, 6) is 0. The van der Waals surface area contributed by atoms with Gasteiger partial charge in [-0.3, -0.25) is 0 Å². The highest BCUT2D eigenvalue weighted by atomic mass is 28.2. The molecule has 2 amide bonds. The minimum atomic E-state index is -0.297. The van der Waals surface area contributed by atoms with E-state index >= 15 is 0 Å². The van der Waals surface area contributed by atoms with Crippen LogP contribution in [0.5, 0.6) is 0 Å². The van der Waals surface area contributed by atoms with Crippen LogP contribution in [-0.4, -0.2) is 51.9 Å². The molecule has 7 heteroatoms. The zero-order valence-corrected chi connectivity index (χ0v) is 16.0. The number of carbonyl (C=O) groups excluding carboxylic acids is 1.